The van der Waals surface area contributed by atoms with Crippen LogP contribution in [-0.2, 0) is 16.1 Å². The lowest BCUT2D eigenvalue weighted by Gasteiger charge is -2.23. The Morgan fingerprint density at radius 1 is 1.46 bits per heavy atom. The van der Waals surface area contributed by atoms with Crippen molar-refractivity contribution in [2.24, 2.45) is 0 Å². The number of carbonyl (C=O) groups excluding carboxylic acids is 1. The van der Waals surface area contributed by atoms with Crippen molar-refractivity contribution in [1.82, 2.24) is 9.55 Å². The third-order valence-electron chi connectivity index (χ3n) is 3.68. The number of aromatic nitrogens is 2. The summed E-state index contributed by atoms with van der Waals surface area (Å²) in [5, 5.41) is 3.79. The molecule has 1 amide bonds. The molecule has 2 rings (SSSR count). The average Bonchev–Trinajstić information content (AvgIpc) is 3.12. The zero-order valence-electron chi connectivity index (χ0n) is 14.7. The number of amides is 1. The first-order valence-electron chi connectivity index (χ1n) is 8.12. The van der Waals surface area contributed by atoms with Gasteiger partial charge in [-0.3, -0.25) is 24.0 Å². The van der Waals surface area contributed by atoms with Crippen LogP contribution in [0, 0.1) is 0 Å². The van der Waals surface area contributed by atoms with E-state index in [-0.39, 0.29) is 24.7 Å². The molecule has 2 aromatic heterocycles. The number of thiophene rings is 1. The van der Waals surface area contributed by atoms with Gasteiger partial charge >= 0.3 is 5.69 Å². The molecule has 0 aromatic carbocycles. The number of nitrogens with zero attached hydrogens (tertiary/aromatic N) is 2. The molecule has 0 aliphatic heterocycles. The first-order valence-corrected chi connectivity index (χ1v) is 9.07. The van der Waals surface area contributed by atoms with Crippen molar-refractivity contribution in [2.45, 2.75) is 19.9 Å². The van der Waals surface area contributed by atoms with Crippen LogP contribution < -0.4 is 21.9 Å². The Hall–Kier alpha value is -2.65. The number of ether oxygens (including phenoxy) is 1. The monoisotopic (exact) mass is 378 g/mol. The van der Waals surface area contributed by atoms with Crippen LogP contribution in [0.4, 0.5) is 11.5 Å². The number of hydrogen-bond acceptors (Lipinski definition) is 6. The minimum absolute atomic E-state index is 0.0333. The van der Waals surface area contributed by atoms with E-state index in [1.165, 1.54) is 34.0 Å². The number of nitrogen functional groups attached to an aromatic ring is 1. The fourth-order valence-electron chi connectivity index (χ4n) is 2.43. The summed E-state index contributed by atoms with van der Waals surface area (Å²) in [6.07, 6.45) is 3.68. The first-order chi connectivity index (χ1) is 12.5. The van der Waals surface area contributed by atoms with Gasteiger partial charge in [0.1, 0.15) is 5.82 Å². The number of aromatic amines is 1. The molecule has 140 valence electrons. The maximum absolute atomic E-state index is 12.7. The summed E-state index contributed by atoms with van der Waals surface area (Å²) in [6, 6.07) is 1.87. The minimum Gasteiger partial charge on any atom is -0.383 e. The molecular formula is C17H22N4O4S. The molecule has 8 nitrogen and oxygen atoms in total. The number of rotatable bonds is 8. The van der Waals surface area contributed by atoms with Crippen molar-refractivity contribution in [3.8, 4) is 0 Å². The van der Waals surface area contributed by atoms with E-state index in [1.54, 1.807) is 6.08 Å². The van der Waals surface area contributed by atoms with Gasteiger partial charge in [-0.2, -0.15) is 11.3 Å². The molecule has 0 bridgehead atoms. The van der Waals surface area contributed by atoms with Crippen molar-refractivity contribution < 1.29 is 9.53 Å². The number of nitrogens with one attached hydrogen (secondary N) is 1. The van der Waals surface area contributed by atoms with Gasteiger partial charge in [-0.15, -0.1) is 0 Å². The maximum atomic E-state index is 12.7. The Kier molecular flexibility index (Phi) is 6.93. The quantitative estimate of drug-likeness (QED) is 0.673. The van der Waals surface area contributed by atoms with Gasteiger partial charge in [0.2, 0.25) is 0 Å². The average molecular weight is 378 g/mol. The lowest BCUT2D eigenvalue weighted by atomic mass is 10.2. The molecule has 0 radical (unpaired) electrons. The number of hydrogen-bond donors (Lipinski definition) is 2. The Morgan fingerprint density at radius 3 is 2.85 bits per heavy atom. The van der Waals surface area contributed by atoms with Crippen LogP contribution in [-0.4, -0.2) is 35.7 Å². The maximum Gasteiger partial charge on any atom is 0.330 e. The Bertz CT molecular complexity index is 883. The number of carbonyl (C=O) groups is 1. The summed E-state index contributed by atoms with van der Waals surface area (Å²) in [5.74, 6) is -0.457. The van der Waals surface area contributed by atoms with Gasteiger partial charge < -0.3 is 10.5 Å². The van der Waals surface area contributed by atoms with Crippen LogP contribution in [0.5, 0.6) is 0 Å². The number of nitrogens with two attached hydrogens (primary N) is 1. The Labute approximate surface area is 154 Å². The minimum atomic E-state index is -0.701. The largest absolute Gasteiger partial charge is 0.383 e. The van der Waals surface area contributed by atoms with Crippen molar-refractivity contribution in [3.05, 3.63) is 49.3 Å². The molecule has 0 fully saturated rings. The smallest absolute Gasteiger partial charge is 0.330 e. The molecular weight excluding hydrogens is 356 g/mol. The van der Waals surface area contributed by atoms with Crippen LogP contribution in [0.3, 0.4) is 0 Å². The van der Waals surface area contributed by atoms with Gasteiger partial charge in [-0.25, -0.2) is 4.79 Å². The van der Waals surface area contributed by atoms with Gasteiger partial charge in [0.05, 0.1) is 6.61 Å². The first kappa shape index (κ1) is 19.7. The SMILES string of the molecule is CCCn1c(N)c(N(CCOC)C(=O)/C=C/c2ccsc2)c(=O)[nH]c1=O. The molecule has 2 aromatic rings. The second-order valence-corrected chi connectivity index (χ2v) is 6.30. The van der Waals surface area contributed by atoms with E-state index < -0.39 is 17.2 Å². The van der Waals surface area contributed by atoms with E-state index in [1.807, 2.05) is 23.8 Å². The van der Waals surface area contributed by atoms with Gasteiger partial charge in [0.25, 0.3) is 11.5 Å². The lowest BCUT2D eigenvalue weighted by molar-refractivity contribution is -0.114. The molecule has 0 aliphatic rings. The molecule has 0 unspecified atom stereocenters. The van der Waals surface area contributed by atoms with E-state index in [0.29, 0.717) is 13.0 Å². The van der Waals surface area contributed by atoms with E-state index in [2.05, 4.69) is 4.98 Å². The van der Waals surface area contributed by atoms with Gasteiger partial charge in [-0.1, -0.05) is 6.92 Å². The topological polar surface area (TPSA) is 110 Å². The fraction of sp³-hybridized carbons (Fsp3) is 0.353. The highest BCUT2D eigenvalue weighted by Crippen LogP contribution is 2.18. The number of anilines is 2. The predicted molar refractivity (Wildman–Crippen MR) is 104 cm³/mol. The highest BCUT2D eigenvalue weighted by atomic mass is 32.1. The predicted octanol–water partition coefficient (Wildman–Crippen LogP) is 1.28. The zero-order valence-corrected chi connectivity index (χ0v) is 15.5. The van der Waals surface area contributed by atoms with Gasteiger partial charge in [0, 0.05) is 26.3 Å². The molecule has 0 spiro atoms. The van der Waals surface area contributed by atoms with Crippen LogP contribution in [0.2, 0.25) is 0 Å². The Morgan fingerprint density at radius 2 is 2.23 bits per heavy atom. The molecule has 26 heavy (non-hydrogen) atoms. The van der Waals surface area contributed by atoms with Crippen molar-refractivity contribution >= 4 is 34.8 Å². The summed E-state index contributed by atoms with van der Waals surface area (Å²) in [4.78, 5) is 40.5. The van der Waals surface area contributed by atoms with Gasteiger partial charge in [0.15, 0.2) is 5.69 Å². The molecule has 9 heteroatoms. The molecule has 0 atom stereocenters. The molecule has 0 saturated carbocycles. The van der Waals surface area contributed by atoms with Crippen LogP contribution in [0.1, 0.15) is 18.9 Å². The van der Waals surface area contributed by atoms with E-state index >= 15 is 0 Å². The number of methoxy groups -OCH3 is 1. The molecule has 0 aliphatic carbocycles. The zero-order chi connectivity index (χ0) is 19.1. The summed E-state index contributed by atoms with van der Waals surface area (Å²) in [5.41, 5.74) is 5.60. The summed E-state index contributed by atoms with van der Waals surface area (Å²) in [6.45, 7) is 2.56. The molecule has 3 N–H and O–H groups in total. The second-order valence-electron chi connectivity index (χ2n) is 5.52. The van der Waals surface area contributed by atoms with E-state index in [4.69, 9.17) is 10.5 Å². The highest BCUT2D eigenvalue weighted by Gasteiger charge is 2.22. The summed E-state index contributed by atoms with van der Waals surface area (Å²) >= 11 is 1.51. The summed E-state index contributed by atoms with van der Waals surface area (Å²) < 4.78 is 6.29. The normalized spacial score (nSPS) is 11.2. The third-order valence-corrected chi connectivity index (χ3v) is 4.38. The van der Waals surface area contributed by atoms with Crippen molar-refractivity contribution in [3.63, 3.8) is 0 Å². The second kappa shape index (κ2) is 9.16. The third kappa shape index (κ3) is 4.50. The lowest BCUT2D eigenvalue weighted by Crippen LogP contribution is -2.42. The molecule has 0 saturated heterocycles. The van der Waals surface area contributed by atoms with E-state index in [0.717, 1.165) is 5.56 Å². The Balaban J connectivity index is 2.46. The summed E-state index contributed by atoms with van der Waals surface area (Å²) in [7, 11) is 1.50. The van der Waals surface area contributed by atoms with E-state index in [9.17, 15) is 14.4 Å². The van der Waals surface area contributed by atoms with Crippen LogP contribution in [0.25, 0.3) is 6.08 Å². The molecule has 2 heterocycles. The van der Waals surface area contributed by atoms with Crippen molar-refractivity contribution in [1.29, 1.82) is 0 Å². The van der Waals surface area contributed by atoms with Crippen LogP contribution >= 0.6 is 11.3 Å². The van der Waals surface area contributed by atoms with Crippen molar-refractivity contribution in [2.75, 3.05) is 30.9 Å². The standard InChI is InChI=1S/C17H22N4O4S/c1-3-7-21-15(18)14(16(23)19-17(21)24)20(8-9-25-2)13(22)5-4-12-6-10-26-11-12/h4-6,10-11H,3,7-9,18H2,1-2H3,(H,19,23,24)/b5-4+. The fourth-order valence-corrected chi connectivity index (χ4v) is 3.05. The van der Waals surface area contributed by atoms with Gasteiger partial charge in [-0.05, 0) is 34.9 Å². The number of H-pyrrole nitrogens is 1. The van der Waals surface area contributed by atoms with Crippen LogP contribution in [0.15, 0.2) is 32.5 Å². The highest BCUT2D eigenvalue weighted by molar-refractivity contribution is 7.08.